The molecule has 20 heavy (non-hydrogen) atoms. The summed E-state index contributed by atoms with van der Waals surface area (Å²) >= 11 is 0. The lowest BCUT2D eigenvalue weighted by Crippen LogP contribution is -2.61. The van der Waals surface area contributed by atoms with Crippen LogP contribution in [0.25, 0.3) is 0 Å². The Morgan fingerprint density at radius 3 is 2.55 bits per heavy atom. The number of carbonyl (C=O) groups is 2. The fourth-order valence-corrected chi connectivity index (χ4v) is 2.58. The SMILES string of the molecule is COCC(C)N1C(=O)C(c2ccccc2)NC(=O)C1C. The van der Waals surface area contributed by atoms with Gasteiger partial charge in [0.15, 0.2) is 0 Å². The molecule has 1 aromatic rings. The summed E-state index contributed by atoms with van der Waals surface area (Å²) in [7, 11) is 1.59. The number of hydrogen-bond donors (Lipinski definition) is 1. The lowest BCUT2D eigenvalue weighted by Gasteiger charge is -2.40. The fourth-order valence-electron chi connectivity index (χ4n) is 2.58. The predicted molar refractivity (Wildman–Crippen MR) is 75.0 cm³/mol. The van der Waals surface area contributed by atoms with Crippen molar-refractivity contribution in [3.63, 3.8) is 0 Å². The van der Waals surface area contributed by atoms with Gasteiger partial charge in [0.25, 0.3) is 5.91 Å². The normalized spacial score (nSPS) is 24.4. The van der Waals surface area contributed by atoms with E-state index >= 15 is 0 Å². The molecule has 1 aliphatic rings. The fraction of sp³-hybridized carbons (Fsp3) is 0.467. The quantitative estimate of drug-likeness (QED) is 0.896. The molecule has 1 aliphatic heterocycles. The molecule has 3 unspecified atom stereocenters. The summed E-state index contributed by atoms with van der Waals surface area (Å²) in [5.41, 5.74) is 0.798. The molecule has 0 radical (unpaired) electrons. The van der Waals surface area contributed by atoms with Crippen molar-refractivity contribution in [1.29, 1.82) is 0 Å². The molecular formula is C15H20N2O3. The number of ether oxygens (including phenoxy) is 1. The number of hydrogen-bond acceptors (Lipinski definition) is 3. The highest BCUT2D eigenvalue weighted by molar-refractivity contribution is 5.97. The van der Waals surface area contributed by atoms with E-state index < -0.39 is 12.1 Å². The first kappa shape index (κ1) is 14.5. The van der Waals surface area contributed by atoms with Crippen LogP contribution in [0.2, 0.25) is 0 Å². The first-order valence-corrected chi connectivity index (χ1v) is 6.72. The maximum Gasteiger partial charge on any atom is 0.250 e. The summed E-state index contributed by atoms with van der Waals surface area (Å²) < 4.78 is 5.10. The van der Waals surface area contributed by atoms with Gasteiger partial charge < -0.3 is 15.0 Å². The van der Waals surface area contributed by atoms with E-state index in [1.165, 1.54) is 0 Å². The molecule has 5 heteroatoms. The van der Waals surface area contributed by atoms with Crippen LogP contribution in [0.3, 0.4) is 0 Å². The van der Waals surface area contributed by atoms with E-state index in [1.807, 2.05) is 37.3 Å². The second kappa shape index (κ2) is 6.05. The van der Waals surface area contributed by atoms with E-state index in [4.69, 9.17) is 4.74 Å². The van der Waals surface area contributed by atoms with Crippen molar-refractivity contribution in [2.24, 2.45) is 0 Å². The summed E-state index contributed by atoms with van der Waals surface area (Å²) in [4.78, 5) is 26.4. The van der Waals surface area contributed by atoms with Crippen molar-refractivity contribution in [1.82, 2.24) is 10.2 Å². The van der Waals surface area contributed by atoms with Crippen molar-refractivity contribution >= 4 is 11.8 Å². The number of nitrogens with one attached hydrogen (secondary N) is 1. The molecule has 1 heterocycles. The molecule has 0 saturated carbocycles. The topological polar surface area (TPSA) is 58.6 Å². The number of methoxy groups -OCH3 is 1. The van der Waals surface area contributed by atoms with E-state index in [9.17, 15) is 9.59 Å². The summed E-state index contributed by atoms with van der Waals surface area (Å²) in [6.07, 6.45) is 0. The monoisotopic (exact) mass is 276 g/mol. The molecule has 1 N–H and O–H groups in total. The van der Waals surface area contributed by atoms with Crippen LogP contribution in [-0.4, -0.2) is 42.5 Å². The maximum atomic E-state index is 12.7. The Balaban J connectivity index is 2.28. The minimum atomic E-state index is -0.612. The number of amides is 2. The van der Waals surface area contributed by atoms with Gasteiger partial charge in [0.1, 0.15) is 12.1 Å². The second-order valence-electron chi connectivity index (χ2n) is 5.08. The summed E-state index contributed by atoms with van der Waals surface area (Å²) in [6, 6.07) is 8.06. The van der Waals surface area contributed by atoms with Crippen LogP contribution in [-0.2, 0) is 14.3 Å². The average molecular weight is 276 g/mol. The van der Waals surface area contributed by atoms with Gasteiger partial charge in [0, 0.05) is 7.11 Å². The third kappa shape index (κ3) is 2.67. The van der Waals surface area contributed by atoms with Gasteiger partial charge in [0.2, 0.25) is 5.91 Å². The third-order valence-electron chi connectivity index (χ3n) is 3.60. The van der Waals surface area contributed by atoms with Gasteiger partial charge in [-0.25, -0.2) is 0 Å². The van der Waals surface area contributed by atoms with Crippen molar-refractivity contribution in [2.45, 2.75) is 32.0 Å². The third-order valence-corrected chi connectivity index (χ3v) is 3.60. The molecule has 2 amide bonds. The molecule has 108 valence electrons. The Morgan fingerprint density at radius 2 is 1.95 bits per heavy atom. The molecular weight excluding hydrogens is 256 g/mol. The van der Waals surface area contributed by atoms with Crippen LogP contribution in [0.4, 0.5) is 0 Å². The molecule has 2 rings (SSSR count). The largest absolute Gasteiger partial charge is 0.383 e. The highest BCUT2D eigenvalue weighted by Gasteiger charge is 2.40. The van der Waals surface area contributed by atoms with Crippen LogP contribution in [0.5, 0.6) is 0 Å². The first-order chi connectivity index (χ1) is 9.56. The number of benzene rings is 1. The Morgan fingerprint density at radius 1 is 1.30 bits per heavy atom. The molecule has 5 nitrogen and oxygen atoms in total. The van der Waals surface area contributed by atoms with Crippen LogP contribution in [0, 0.1) is 0 Å². The average Bonchev–Trinajstić information content (AvgIpc) is 2.44. The maximum absolute atomic E-state index is 12.7. The highest BCUT2D eigenvalue weighted by Crippen LogP contribution is 2.23. The smallest absolute Gasteiger partial charge is 0.250 e. The van der Waals surface area contributed by atoms with Gasteiger partial charge in [-0.3, -0.25) is 9.59 Å². The van der Waals surface area contributed by atoms with Gasteiger partial charge in [-0.2, -0.15) is 0 Å². The minimum absolute atomic E-state index is 0.0900. The molecule has 3 atom stereocenters. The van der Waals surface area contributed by atoms with Crippen molar-refractivity contribution < 1.29 is 14.3 Å². The van der Waals surface area contributed by atoms with Crippen LogP contribution in [0.15, 0.2) is 30.3 Å². The van der Waals surface area contributed by atoms with E-state index in [-0.39, 0.29) is 17.9 Å². The molecule has 1 aromatic carbocycles. The molecule has 1 saturated heterocycles. The van der Waals surface area contributed by atoms with Gasteiger partial charge >= 0.3 is 0 Å². The molecule has 0 bridgehead atoms. The van der Waals surface area contributed by atoms with Crippen LogP contribution >= 0.6 is 0 Å². The zero-order valence-electron chi connectivity index (χ0n) is 12.0. The first-order valence-electron chi connectivity index (χ1n) is 6.72. The molecule has 1 fully saturated rings. The number of nitrogens with zero attached hydrogens (tertiary/aromatic N) is 1. The Kier molecular flexibility index (Phi) is 4.39. The van der Waals surface area contributed by atoms with Gasteiger partial charge in [-0.1, -0.05) is 30.3 Å². The number of rotatable bonds is 4. The predicted octanol–water partition coefficient (Wildman–Crippen LogP) is 1.11. The lowest BCUT2D eigenvalue weighted by molar-refractivity contribution is -0.152. The summed E-state index contributed by atoms with van der Waals surface area (Å²) in [6.45, 7) is 4.03. The van der Waals surface area contributed by atoms with Crippen molar-refractivity contribution in [3.05, 3.63) is 35.9 Å². The van der Waals surface area contributed by atoms with Gasteiger partial charge in [-0.05, 0) is 19.4 Å². The Hall–Kier alpha value is -1.88. The van der Waals surface area contributed by atoms with E-state index in [1.54, 1.807) is 18.9 Å². The summed E-state index contributed by atoms with van der Waals surface area (Å²) in [5, 5.41) is 2.79. The highest BCUT2D eigenvalue weighted by atomic mass is 16.5. The van der Waals surface area contributed by atoms with E-state index in [0.29, 0.717) is 6.61 Å². The van der Waals surface area contributed by atoms with Crippen LogP contribution < -0.4 is 5.32 Å². The Bertz CT molecular complexity index is 489. The zero-order chi connectivity index (χ0) is 14.7. The minimum Gasteiger partial charge on any atom is -0.383 e. The standard InChI is InChI=1S/C15H20N2O3/c1-10(9-20-3)17-11(2)14(18)16-13(15(17)19)12-7-5-4-6-8-12/h4-8,10-11,13H,9H2,1-3H3,(H,16,18). The van der Waals surface area contributed by atoms with Gasteiger partial charge in [-0.15, -0.1) is 0 Å². The van der Waals surface area contributed by atoms with Crippen molar-refractivity contribution in [3.8, 4) is 0 Å². The van der Waals surface area contributed by atoms with E-state index in [2.05, 4.69) is 5.32 Å². The van der Waals surface area contributed by atoms with Gasteiger partial charge in [0.05, 0.1) is 12.6 Å². The zero-order valence-corrected chi connectivity index (χ0v) is 12.0. The van der Waals surface area contributed by atoms with E-state index in [0.717, 1.165) is 5.56 Å². The van der Waals surface area contributed by atoms with Crippen molar-refractivity contribution in [2.75, 3.05) is 13.7 Å². The second-order valence-corrected chi connectivity index (χ2v) is 5.08. The number of carbonyl (C=O) groups excluding carboxylic acids is 2. The summed E-state index contributed by atoms with van der Waals surface area (Å²) in [5.74, 6) is -0.228. The molecule has 0 aromatic heterocycles. The molecule has 0 spiro atoms. The van der Waals surface area contributed by atoms with Crippen LogP contribution in [0.1, 0.15) is 25.5 Å². The molecule has 0 aliphatic carbocycles. The lowest BCUT2D eigenvalue weighted by atomic mass is 9.99. The number of piperazine rings is 1. The Labute approximate surface area is 118 Å².